The number of nitrogens with one attached hydrogen (secondary N) is 1. The molecule has 1 heterocycles. The summed E-state index contributed by atoms with van der Waals surface area (Å²) in [5.41, 5.74) is 1.35. The molecule has 148 valence electrons. The standard InChI is InChI=1S/C20H20Br2N2O4/c1-3-28-14-6-4-13(5-7-14)24-11-12(8-19(24)25)20(26)23-17-10-18(27-2)16(22)9-15(17)21/h4-7,9-10,12H,3,8,11H2,1-2H3,(H,23,26)/t12-/m0/s1. The summed E-state index contributed by atoms with van der Waals surface area (Å²) in [6, 6.07) is 10.8. The van der Waals surface area contributed by atoms with Crippen LogP contribution in [0.3, 0.4) is 0 Å². The first kappa shape index (κ1) is 20.7. The zero-order valence-corrected chi connectivity index (χ0v) is 18.7. The molecule has 2 aromatic carbocycles. The summed E-state index contributed by atoms with van der Waals surface area (Å²) in [6.07, 6.45) is 0.171. The summed E-state index contributed by atoms with van der Waals surface area (Å²) in [5, 5.41) is 2.89. The molecule has 0 unspecified atom stereocenters. The smallest absolute Gasteiger partial charge is 0.229 e. The molecule has 6 nitrogen and oxygen atoms in total. The zero-order chi connectivity index (χ0) is 20.3. The van der Waals surface area contributed by atoms with E-state index in [2.05, 4.69) is 37.2 Å². The van der Waals surface area contributed by atoms with Crippen molar-refractivity contribution in [2.45, 2.75) is 13.3 Å². The molecule has 0 saturated carbocycles. The van der Waals surface area contributed by atoms with Crippen LogP contribution < -0.4 is 19.7 Å². The van der Waals surface area contributed by atoms with Gasteiger partial charge in [-0.2, -0.15) is 0 Å². The van der Waals surface area contributed by atoms with E-state index in [1.807, 2.05) is 31.2 Å². The quantitative estimate of drug-likeness (QED) is 0.614. The summed E-state index contributed by atoms with van der Waals surface area (Å²) in [5.74, 6) is 0.655. The normalized spacial score (nSPS) is 16.2. The molecule has 2 amide bonds. The molecule has 1 fully saturated rings. The van der Waals surface area contributed by atoms with Crippen LogP contribution in [0.2, 0.25) is 0 Å². The van der Waals surface area contributed by atoms with Crippen LogP contribution in [-0.2, 0) is 9.59 Å². The number of methoxy groups -OCH3 is 1. The predicted molar refractivity (Wildman–Crippen MR) is 115 cm³/mol. The van der Waals surface area contributed by atoms with Gasteiger partial charge in [-0.15, -0.1) is 0 Å². The van der Waals surface area contributed by atoms with E-state index in [0.29, 0.717) is 24.6 Å². The van der Waals surface area contributed by atoms with E-state index in [-0.39, 0.29) is 18.2 Å². The third-order valence-electron chi connectivity index (χ3n) is 4.45. The second kappa shape index (κ2) is 8.96. The third kappa shape index (κ3) is 4.50. The highest BCUT2D eigenvalue weighted by atomic mass is 79.9. The Labute approximate surface area is 180 Å². The molecule has 1 N–H and O–H groups in total. The van der Waals surface area contributed by atoms with Crippen LogP contribution in [0, 0.1) is 5.92 Å². The van der Waals surface area contributed by atoms with Crippen molar-refractivity contribution in [2.75, 3.05) is 30.5 Å². The number of hydrogen-bond donors (Lipinski definition) is 1. The third-order valence-corrected chi connectivity index (χ3v) is 5.73. The lowest BCUT2D eigenvalue weighted by molar-refractivity contribution is -0.122. The SMILES string of the molecule is CCOc1ccc(N2C[C@@H](C(=O)Nc3cc(OC)c(Br)cc3Br)CC2=O)cc1. The molecule has 1 aliphatic rings. The fraction of sp³-hybridized carbons (Fsp3) is 0.300. The summed E-state index contributed by atoms with van der Waals surface area (Å²) in [6.45, 7) is 2.84. The topological polar surface area (TPSA) is 67.9 Å². The maximum Gasteiger partial charge on any atom is 0.229 e. The van der Waals surface area contributed by atoms with Crippen molar-refractivity contribution < 1.29 is 19.1 Å². The van der Waals surface area contributed by atoms with Crippen LogP contribution in [0.4, 0.5) is 11.4 Å². The van der Waals surface area contributed by atoms with Gasteiger partial charge in [0.25, 0.3) is 0 Å². The van der Waals surface area contributed by atoms with Gasteiger partial charge in [0.2, 0.25) is 11.8 Å². The second-order valence-electron chi connectivity index (χ2n) is 6.29. The first-order chi connectivity index (χ1) is 13.4. The van der Waals surface area contributed by atoms with Crippen molar-refractivity contribution in [2.24, 2.45) is 5.92 Å². The number of carbonyl (C=O) groups excluding carboxylic acids is 2. The number of benzene rings is 2. The minimum atomic E-state index is -0.430. The Balaban J connectivity index is 1.70. The van der Waals surface area contributed by atoms with Gasteiger partial charge in [-0.05, 0) is 69.1 Å². The fourth-order valence-electron chi connectivity index (χ4n) is 3.04. The Bertz CT molecular complexity index is 887. The average Bonchev–Trinajstić information content (AvgIpc) is 3.06. The van der Waals surface area contributed by atoms with E-state index >= 15 is 0 Å². The maximum absolute atomic E-state index is 12.7. The van der Waals surface area contributed by atoms with Crippen LogP contribution in [0.15, 0.2) is 45.3 Å². The molecular formula is C20H20Br2N2O4. The van der Waals surface area contributed by atoms with Gasteiger partial charge in [-0.1, -0.05) is 0 Å². The molecular weight excluding hydrogens is 492 g/mol. The van der Waals surface area contributed by atoms with Crippen LogP contribution in [0.25, 0.3) is 0 Å². The van der Waals surface area contributed by atoms with Crippen LogP contribution in [0.5, 0.6) is 11.5 Å². The number of rotatable bonds is 6. The van der Waals surface area contributed by atoms with E-state index in [0.717, 1.165) is 20.4 Å². The number of ether oxygens (including phenoxy) is 2. The second-order valence-corrected chi connectivity index (χ2v) is 8.00. The van der Waals surface area contributed by atoms with Gasteiger partial charge < -0.3 is 19.7 Å². The first-order valence-electron chi connectivity index (χ1n) is 8.80. The van der Waals surface area contributed by atoms with E-state index in [1.165, 1.54) is 0 Å². The molecule has 0 spiro atoms. The minimum absolute atomic E-state index is 0.0724. The number of carbonyl (C=O) groups is 2. The molecule has 1 saturated heterocycles. The van der Waals surface area contributed by atoms with Crippen molar-refractivity contribution in [3.63, 3.8) is 0 Å². The first-order valence-corrected chi connectivity index (χ1v) is 10.4. The average molecular weight is 512 g/mol. The van der Waals surface area contributed by atoms with E-state index in [9.17, 15) is 9.59 Å². The Hall–Kier alpha value is -2.06. The van der Waals surface area contributed by atoms with Crippen molar-refractivity contribution >= 4 is 55.0 Å². The molecule has 1 aliphatic heterocycles. The lowest BCUT2D eigenvalue weighted by Crippen LogP contribution is -2.28. The van der Waals surface area contributed by atoms with Gasteiger partial charge in [-0.3, -0.25) is 9.59 Å². The molecule has 28 heavy (non-hydrogen) atoms. The van der Waals surface area contributed by atoms with Crippen LogP contribution in [-0.4, -0.2) is 32.1 Å². The van der Waals surface area contributed by atoms with Gasteiger partial charge in [-0.25, -0.2) is 0 Å². The Kier molecular flexibility index (Phi) is 6.61. The van der Waals surface area contributed by atoms with Gasteiger partial charge in [0.05, 0.1) is 29.8 Å². The zero-order valence-electron chi connectivity index (χ0n) is 15.5. The van der Waals surface area contributed by atoms with Gasteiger partial charge >= 0.3 is 0 Å². The summed E-state index contributed by atoms with van der Waals surface area (Å²) in [4.78, 5) is 26.8. The number of hydrogen-bond acceptors (Lipinski definition) is 4. The van der Waals surface area contributed by atoms with Crippen molar-refractivity contribution in [1.29, 1.82) is 0 Å². The molecule has 3 rings (SSSR count). The molecule has 0 radical (unpaired) electrons. The van der Waals surface area contributed by atoms with Crippen molar-refractivity contribution in [1.82, 2.24) is 0 Å². The number of nitrogens with zero attached hydrogens (tertiary/aromatic N) is 1. The summed E-state index contributed by atoms with van der Waals surface area (Å²) in [7, 11) is 1.56. The van der Waals surface area contributed by atoms with Gasteiger partial charge in [0.15, 0.2) is 0 Å². The Morgan fingerprint density at radius 2 is 1.93 bits per heavy atom. The lowest BCUT2D eigenvalue weighted by Gasteiger charge is -2.17. The molecule has 0 bridgehead atoms. The molecule has 2 aromatic rings. The molecule has 0 aromatic heterocycles. The summed E-state index contributed by atoms with van der Waals surface area (Å²) >= 11 is 6.84. The Morgan fingerprint density at radius 3 is 2.57 bits per heavy atom. The van der Waals surface area contributed by atoms with Crippen molar-refractivity contribution in [3.05, 3.63) is 45.3 Å². The lowest BCUT2D eigenvalue weighted by atomic mass is 10.1. The van der Waals surface area contributed by atoms with E-state index < -0.39 is 5.92 Å². The van der Waals surface area contributed by atoms with Crippen LogP contribution in [0.1, 0.15) is 13.3 Å². The number of amides is 2. The van der Waals surface area contributed by atoms with Crippen molar-refractivity contribution in [3.8, 4) is 11.5 Å². The molecule has 0 aliphatic carbocycles. The minimum Gasteiger partial charge on any atom is -0.495 e. The highest BCUT2D eigenvalue weighted by Crippen LogP contribution is 2.35. The van der Waals surface area contributed by atoms with Crippen LogP contribution >= 0.6 is 31.9 Å². The largest absolute Gasteiger partial charge is 0.495 e. The maximum atomic E-state index is 12.7. The van der Waals surface area contributed by atoms with Gasteiger partial charge in [0.1, 0.15) is 11.5 Å². The molecule has 8 heteroatoms. The number of halogens is 2. The summed E-state index contributed by atoms with van der Waals surface area (Å²) < 4.78 is 12.2. The predicted octanol–water partition coefficient (Wildman–Crippen LogP) is 4.61. The Morgan fingerprint density at radius 1 is 1.21 bits per heavy atom. The number of anilines is 2. The fourth-order valence-corrected chi connectivity index (χ4v) is 4.29. The highest BCUT2D eigenvalue weighted by Gasteiger charge is 2.35. The monoisotopic (exact) mass is 510 g/mol. The highest BCUT2D eigenvalue weighted by molar-refractivity contribution is 9.11. The van der Waals surface area contributed by atoms with E-state index in [4.69, 9.17) is 9.47 Å². The van der Waals surface area contributed by atoms with Gasteiger partial charge in [0, 0.05) is 29.2 Å². The van der Waals surface area contributed by atoms with E-state index in [1.54, 1.807) is 24.1 Å². The molecule has 1 atom stereocenters.